The van der Waals surface area contributed by atoms with Gasteiger partial charge in [0.2, 0.25) is 0 Å². The number of aromatic nitrogens is 12. The third kappa shape index (κ3) is 13.9. The summed E-state index contributed by atoms with van der Waals surface area (Å²) in [6, 6.07) is 16.3. The topological polar surface area (TPSA) is 280 Å². The van der Waals surface area contributed by atoms with Crippen LogP contribution in [0.2, 0.25) is 0 Å². The molecule has 2 aliphatic heterocycles. The highest BCUT2D eigenvalue weighted by molar-refractivity contribution is 9.11. The first-order valence-electron chi connectivity index (χ1n) is 28.1. The van der Waals surface area contributed by atoms with Gasteiger partial charge in [-0.3, -0.25) is 53.0 Å². The van der Waals surface area contributed by atoms with Gasteiger partial charge in [-0.25, -0.2) is 21.6 Å². The summed E-state index contributed by atoms with van der Waals surface area (Å²) in [4.78, 5) is 64.9. The number of pyridine rings is 4. The maximum atomic E-state index is 12.9. The lowest BCUT2D eigenvalue weighted by Gasteiger charge is -2.37. The monoisotopic (exact) mass is 1400 g/mol. The van der Waals surface area contributed by atoms with Crippen LogP contribution in [-0.2, 0) is 19.7 Å². The van der Waals surface area contributed by atoms with E-state index in [1.165, 1.54) is 37.7 Å². The molecule has 0 spiro atoms. The van der Waals surface area contributed by atoms with Gasteiger partial charge < -0.3 is 5.11 Å². The zero-order valence-electron chi connectivity index (χ0n) is 49.5. The van der Waals surface area contributed by atoms with Gasteiger partial charge in [0, 0.05) is 94.9 Å². The molecule has 0 radical (unpaired) electrons. The average Bonchev–Trinajstić information content (AvgIpc) is 4.10. The summed E-state index contributed by atoms with van der Waals surface area (Å²) in [6.45, 7) is 21.4. The molecule has 0 bridgehead atoms. The molecule has 86 heavy (non-hydrogen) atoms. The fourth-order valence-corrected chi connectivity index (χ4v) is 16.8. The summed E-state index contributed by atoms with van der Waals surface area (Å²) in [7, 11) is -5.94. The molecule has 1 aromatic carbocycles. The van der Waals surface area contributed by atoms with Crippen LogP contribution in [0, 0.1) is 10.8 Å². The van der Waals surface area contributed by atoms with Crippen molar-refractivity contribution in [1.82, 2.24) is 59.1 Å². The number of halogens is 3. The molecule has 454 valence electrons. The normalized spacial score (nSPS) is 16.3. The molecule has 3 fully saturated rings. The number of hydrogen-bond acceptors (Lipinski definition) is 16. The van der Waals surface area contributed by atoms with E-state index in [9.17, 15) is 36.0 Å². The van der Waals surface area contributed by atoms with Crippen molar-refractivity contribution in [3.8, 4) is 11.3 Å². The van der Waals surface area contributed by atoms with Gasteiger partial charge in [-0.15, -0.1) is 0 Å². The van der Waals surface area contributed by atoms with E-state index in [4.69, 9.17) is 10.2 Å². The Balaban J connectivity index is 0.000000143. The zero-order chi connectivity index (χ0) is 62.7. The maximum Gasteiger partial charge on any atom is 0.337 e. The minimum Gasteiger partial charge on any atom is -0.478 e. The van der Waals surface area contributed by atoms with Gasteiger partial charge in [0.15, 0.2) is 50.8 Å². The fourth-order valence-electron chi connectivity index (χ4n) is 10.9. The lowest BCUT2D eigenvalue weighted by atomic mass is 9.86. The molecule has 10 heterocycles. The number of hydrogen-bond donors (Lipinski definition) is 1. The Morgan fingerprint density at radius 1 is 0.535 bits per heavy atom. The number of sulfone groups is 2. The van der Waals surface area contributed by atoms with Crippen LogP contribution in [0.5, 0.6) is 0 Å². The van der Waals surface area contributed by atoms with E-state index in [0.29, 0.717) is 47.5 Å². The molecule has 8 aromatic heterocycles. The molecule has 2 saturated heterocycles. The summed E-state index contributed by atoms with van der Waals surface area (Å²) in [6.07, 6.45) is 8.99. The van der Waals surface area contributed by atoms with Crippen molar-refractivity contribution in [3.05, 3.63) is 115 Å². The molecule has 0 amide bonds. The van der Waals surface area contributed by atoms with E-state index in [-0.39, 0.29) is 82.9 Å². The first kappa shape index (κ1) is 64.0. The lowest BCUT2D eigenvalue weighted by Crippen LogP contribution is -2.47. The largest absolute Gasteiger partial charge is 0.478 e. The van der Waals surface area contributed by atoms with Crippen LogP contribution >= 0.6 is 47.8 Å². The highest BCUT2D eigenvalue weighted by atomic mass is 79.9. The third-order valence-electron chi connectivity index (χ3n) is 15.0. The van der Waals surface area contributed by atoms with Crippen molar-refractivity contribution < 1.29 is 41.1 Å². The second kappa shape index (κ2) is 24.6. The van der Waals surface area contributed by atoms with Gasteiger partial charge in [0.05, 0.1) is 50.6 Å². The van der Waals surface area contributed by atoms with Gasteiger partial charge in [-0.1, -0.05) is 32.0 Å². The van der Waals surface area contributed by atoms with E-state index in [1.807, 2.05) is 81.6 Å². The van der Waals surface area contributed by atoms with Crippen molar-refractivity contribution in [2.24, 2.45) is 10.8 Å². The minimum absolute atomic E-state index is 0.0158. The number of rotatable bonds is 14. The SMILES string of the molecule is CC(=O)c1cnc2c(Br)nn(C(C)C)c2c1.CC(C)n1nc(-c2cccc(C3CC3)c2)c2ncc(C(=O)CC3(C)CS(=O)(=O)C3)cc21.CC(C)n1nc(Br)c2ncc(C(=O)CC3(C)CS(=O)(=O)C3)cc21.CC(C)n1nc(Br)c2ncc(C(=O)O)cc21. The van der Waals surface area contributed by atoms with E-state index >= 15 is 0 Å². The molecule has 9 aromatic rings. The summed E-state index contributed by atoms with van der Waals surface area (Å²) in [5, 5.41) is 26.8. The Kier molecular flexibility index (Phi) is 18.3. The first-order valence-corrected chi connectivity index (χ1v) is 34.1. The predicted molar refractivity (Wildman–Crippen MR) is 341 cm³/mol. The zero-order valence-corrected chi connectivity index (χ0v) is 55.9. The number of benzene rings is 1. The Morgan fingerprint density at radius 3 is 1.26 bits per heavy atom. The van der Waals surface area contributed by atoms with Crippen molar-refractivity contribution in [1.29, 1.82) is 0 Å². The van der Waals surface area contributed by atoms with E-state index in [2.05, 4.69) is 121 Å². The summed E-state index contributed by atoms with van der Waals surface area (Å²) in [5.41, 5.74) is 10.3. The van der Waals surface area contributed by atoms with Crippen LogP contribution in [-0.4, -0.2) is 127 Å². The first-order chi connectivity index (χ1) is 40.2. The molecule has 3 aliphatic rings. The standard InChI is InChI=1S/C24H27N3O3S.C15H18BrN3O3S.C11H12BrN3O.C10H10BrN3O2/c1-15(2)27-20-10-19(21(28)11-24(3)13-31(29,30)14-24)12-25-23(20)22(26-27)18-6-4-5-17(9-18)16-7-8-16;1-9(2)19-11-4-10(6-17-13(11)14(16)18-19)12(20)5-15(3)7-23(21,22)8-15;1-6(2)15-9-4-8(7(3)16)5-13-10(9)11(12)14-15;1-5(2)14-7-3-6(10(15)16)4-12-8(7)9(11)13-14/h4-6,9-10,12,15-16H,7-8,11,13-14H2,1-3H3;4,6,9H,5,7-8H2,1-3H3;4-6H,1-3H3;3-5H,1-2H3,(H,15,16). The molecule has 0 unspecified atom stereocenters. The number of fused-ring (bicyclic) bond motifs is 4. The molecule has 1 saturated carbocycles. The Labute approximate surface area is 523 Å². The molecule has 0 atom stereocenters. The van der Waals surface area contributed by atoms with Crippen molar-refractivity contribution >= 4 is 135 Å². The summed E-state index contributed by atoms with van der Waals surface area (Å²) < 4.78 is 55.3. The molecular weight excluding hydrogens is 1340 g/mol. The maximum absolute atomic E-state index is 12.9. The molecule has 1 N–H and O–H groups in total. The van der Waals surface area contributed by atoms with Gasteiger partial charge in [0.25, 0.3) is 0 Å². The van der Waals surface area contributed by atoms with Gasteiger partial charge in [-0.05, 0) is 165 Å². The quantitative estimate of drug-likeness (QED) is 0.0990. The van der Waals surface area contributed by atoms with Crippen LogP contribution in [0.3, 0.4) is 0 Å². The summed E-state index contributed by atoms with van der Waals surface area (Å²) >= 11 is 10.1. The van der Waals surface area contributed by atoms with Gasteiger partial charge in [-0.2, -0.15) is 20.4 Å². The molecule has 26 heteroatoms. The van der Waals surface area contributed by atoms with E-state index in [1.54, 1.807) is 29.2 Å². The van der Waals surface area contributed by atoms with Crippen molar-refractivity contribution in [2.45, 2.75) is 132 Å². The van der Waals surface area contributed by atoms with E-state index < -0.39 is 36.5 Å². The van der Waals surface area contributed by atoms with Crippen molar-refractivity contribution in [2.75, 3.05) is 23.0 Å². The number of carbonyl (C=O) groups excluding carboxylic acids is 3. The molecular formula is C60H67Br3N12O9S2. The predicted octanol–water partition coefficient (Wildman–Crippen LogP) is 12.8. The number of ketones is 3. The van der Waals surface area contributed by atoms with Crippen LogP contribution in [0.4, 0.5) is 0 Å². The van der Waals surface area contributed by atoms with Gasteiger partial charge in [0.1, 0.15) is 27.8 Å². The number of carboxylic acids is 1. The van der Waals surface area contributed by atoms with Crippen LogP contribution in [0.1, 0.15) is 179 Å². The van der Waals surface area contributed by atoms with Crippen LogP contribution in [0.25, 0.3) is 55.4 Å². The van der Waals surface area contributed by atoms with Gasteiger partial charge >= 0.3 is 5.97 Å². The lowest BCUT2D eigenvalue weighted by molar-refractivity contribution is 0.0695. The minimum atomic E-state index is -2.98. The Morgan fingerprint density at radius 2 is 0.884 bits per heavy atom. The molecule has 21 nitrogen and oxygen atoms in total. The number of carbonyl (C=O) groups is 4. The highest BCUT2D eigenvalue weighted by Crippen LogP contribution is 2.42. The number of Topliss-reactive ketones (excluding diaryl/α,β-unsaturated/α-hetero) is 3. The number of carboxylic acid groups (broad SMARTS) is 1. The summed E-state index contributed by atoms with van der Waals surface area (Å²) in [5.74, 6) is -0.144. The third-order valence-corrected chi connectivity index (χ3v) is 21.1. The smallest absolute Gasteiger partial charge is 0.337 e. The second-order valence-corrected chi connectivity index (χ2v) is 30.8. The average molecular weight is 1400 g/mol. The molecule has 1 aliphatic carbocycles. The number of nitrogens with zero attached hydrogens (tertiary/aromatic N) is 12. The highest BCUT2D eigenvalue weighted by Gasteiger charge is 2.47. The Bertz CT molecular complexity index is 4290. The Hall–Kier alpha value is -6.48. The van der Waals surface area contributed by atoms with Crippen LogP contribution in [0.15, 0.2) is 87.1 Å². The second-order valence-electron chi connectivity index (χ2n) is 24.4. The fraction of sp³-hybridized carbons (Fsp3) is 0.433. The molecule has 12 rings (SSSR count). The van der Waals surface area contributed by atoms with E-state index in [0.717, 1.165) is 44.4 Å². The van der Waals surface area contributed by atoms with Crippen molar-refractivity contribution in [3.63, 3.8) is 0 Å². The van der Waals surface area contributed by atoms with Crippen LogP contribution < -0.4 is 0 Å². The number of aromatic carboxylic acids is 1.